The highest BCUT2D eigenvalue weighted by atomic mass is 16.5. The molecule has 0 saturated heterocycles. The molecule has 0 fully saturated rings. The predicted octanol–water partition coefficient (Wildman–Crippen LogP) is 2.90. The van der Waals surface area contributed by atoms with Crippen molar-refractivity contribution in [1.29, 1.82) is 0 Å². The molecule has 1 unspecified atom stereocenters. The van der Waals surface area contributed by atoms with Crippen LogP contribution in [0.3, 0.4) is 0 Å². The first kappa shape index (κ1) is 18.7. The van der Waals surface area contributed by atoms with Crippen LogP contribution in [0.15, 0.2) is 34.7 Å². The fourth-order valence-electron chi connectivity index (χ4n) is 2.52. The maximum absolute atomic E-state index is 12.3. The lowest BCUT2D eigenvalue weighted by Gasteiger charge is -2.18. The number of aromatic nitrogens is 1. The van der Waals surface area contributed by atoms with Crippen LogP contribution in [0.25, 0.3) is 11.5 Å². The van der Waals surface area contributed by atoms with E-state index in [0.717, 1.165) is 5.56 Å². The highest BCUT2D eigenvalue weighted by Gasteiger charge is 2.23. The van der Waals surface area contributed by atoms with Gasteiger partial charge in [-0.3, -0.25) is 4.79 Å². The van der Waals surface area contributed by atoms with Crippen molar-refractivity contribution in [2.75, 3.05) is 7.11 Å². The lowest BCUT2D eigenvalue weighted by Crippen LogP contribution is -2.43. The van der Waals surface area contributed by atoms with Crippen LogP contribution < -0.4 is 5.32 Å². The van der Waals surface area contributed by atoms with Crippen molar-refractivity contribution in [2.45, 2.75) is 39.7 Å². The van der Waals surface area contributed by atoms with Crippen LogP contribution >= 0.6 is 0 Å². The Morgan fingerprint density at radius 2 is 1.92 bits per heavy atom. The first-order valence-corrected chi connectivity index (χ1v) is 8.29. The van der Waals surface area contributed by atoms with Crippen LogP contribution in [-0.2, 0) is 20.7 Å². The van der Waals surface area contributed by atoms with Gasteiger partial charge in [0, 0.05) is 5.56 Å². The number of aryl methyl sites for hydroxylation is 1. The second-order valence-corrected chi connectivity index (χ2v) is 6.34. The SMILES string of the molecule is COC(=O)C(CC(C)C)NC(=O)Cc1nc(-c2ccccc2)oc1C. The number of carbonyl (C=O) groups excluding carboxylic acids is 2. The Labute approximate surface area is 147 Å². The zero-order valence-electron chi connectivity index (χ0n) is 15.0. The van der Waals surface area contributed by atoms with E-state index in [0.29, 0.717) is 23.8 Å². The van der Waals surface area contributed by atoms with E-state index in [1.54, 1.807) is 6.92 Å². The standard InChI is InChI=1S/C19H24N2O4/c1-12(2)10-16(19(23)24-4)20-17(22)11-15-13(3)25-18(21-15)14-8-6-5-7-9-14/h5-9,12,16H,10-11H2,1-4H3,(H,20,22). The summed E-state index contributed by atoms with van der Waals surface area (Å²) in [6, 6.07) is 8.84. The van der Waals surface area contributed by atoms with E-state index < -0.39 is 12.0 Å². The van der Waals surface area contributed by atoms with E-state index in [-0.39, 0.29) is 18.2 Å². The number of nitrogens with one attached hydrogen (secondary N) is 1. The molecule has 0 aliphatic carbocycles. The van der Waals surface area contributed by atoms with Crippen LogP contribution in [0.2, 0.25) is 0 Å². The van der Waals surface area contributed by atoms with Gasteiger partial charge in [0.2, 0.25) is 11.8 Å². The Morgan fingerprint density at radius 1 is 1.24 bits per heavy atom. The van der Waals surface area contributed by atoms with E-state index in [2.05, 4.69) is 10.3 Å². The first-order chi connectivity index (χ1) is 11.9. The molecule has 134 valence electrons. The van der Waals surface area contributed by atoms with Gasteiger partial charge in [0.15, 0.2) is 0 Å². The van der Waals surface area contributed by atoms with E-state index in [9.17, 15) is 9.59 Å². The summed E-state index contributed by atoms with van der Waals surface area (Å²) in [5, 5.41) is 2.73. The van der Waals surface area contributed by atoms with Gasteiger partial charge in [-0.15, -0.1) is 0 Å². The van der Waals surface area contributed by atoms with E-state index in [1.165, 1.54) is 7.11 Å². The molecule has 0 saturated carbocycles. The van der Waals surface area contributed by atoms with E-state index >= 15 is 0 Å². The Hall–Kier alpha value is -2.63. The molecular weight excluding hydrogens is 320 g/mol. The van der Waals surface area contributed by atoms with Gasteiger partial charge >= 0.3 is 5.97 Å². The number of amides is 1. The number of benzene rings is 1. The molecule has 1 aromatic heterocycles. The monoisotopic (exact) mass is 344 g/mol. The predicted molar refractivity (Wildman–Crippen MR) is 93.8 cm³/mol. The van der Waals surface area contributed by atoms with Crippen molar-refractivity contribution in [3.8, 4) is 11.5 Å². The molecule has 2 aromatic rings. The van der Waals surface area contributed by atoms with Crippen molar-refractivity contribution in [2.24, 2.45) is 5.92 Å². The van der Waals surface area contributed by atoms with Crippen molar-refractivity contribution in [3.05, 3.63) is 41.8 Å². The third-order valence-corrected chi connectivity index (χ3v) is 3.77. The summed E-state index contributed by atoms with van der Waals surface area (Å²) in [5.41, 5.74) is 1.41. The van der Waals surface area contributed by atoms with Crippen molar-refractivity contribution >= 4 is 11.9 Å². The van der Waals surface area contributed by atoms with E-state index in [4.69, 9.17) is 9.15 Å². The van der Waals surface area contributed by atoms with Crippen molar-refractivity contribution < 1.29 is 18.7 Å². The van der Waals surface area contributed by atoms with Gasteiger partial charge in [-0.2, -0.15) is 0 Å². The minimum Gasteiger partial charge on any atom is -0.467 e. The highest BCUT2D eigenvalue weighted by molar-refractivity contribution is 5.85. The molecule has 2 rings (SSSR count). The average molecular weight is 344 g/mol. The van der Waals surface area contributed by atoms with Gasteiger partial charge in [0.05, 0.1) is 19.2 Å². The fourth-order valence-corrected chi connectivity index (χ4v) is 2.52. The molecule has 0 bridgehead atoms. The largest absolute Gasteiger partial charge is 0.467 e. The summed E-state index contributed by atoms with van der Waals surface area (Å²) < 4.78 is 10.4. The molecule has 6 heteroatoms. The molecular formula is C19H24N2O4. The molecule has 1 heterocycles. The maximum Gasteiger partial charge on any atom is 0.328 e. The fraction of sp³-hybridized carbons (Fsp3) is 0.421. The Balaban J connectivity index is 2.07. The Bertz CT molecular complexity index is 722. The third-order valence-electron chi connectivity index (χ3n) is 3.77. The van der Waals surface area contributed by atoms with Gasteiger partial charge in [-0.1, -0.05) is 32.0 Å². The Kier molecular flexibility index (Phi) is 6.33. The van der Waals surface area contributed by atoms with Crippen LogP contribution in [-0.4, -0.2) is 30.0 Å². The summed E-state index contributed by atoms with van der Waals surface area (Å²) in [5.74, 6) is 0.596. The van der Waals surface area contributed by atoms with E-state index in [1.807, 2.05) is 44.2 Å². The minimum absolute atomic E-state index is 0.0494. The number of ether oxygens (including phenoxy) is 1. The first-order valence-electron chi connectivity index (χ1n) is 8.29. The minimum atomic E-state index is -0.654. The molecule has 25 heavy (non-hydrogen) atoms. The summed E-state index contributed by atoms with van der Waals surface area (Å²) in [7, 11) is 1.32. The second-order valence-electron chi connectivity index (χ2n) is 6.34. The number of esters is 1. The lowest BCUT2D eigenvalue weighted by molar-refractivity contribution is -0.145. The van der Waals surface area contributed by atoms with Crippen molar-refractivity contribution in [1.82, 2.24) is 10.3 Å². The van der Waals surface area contributed by atoms with Crippen molar-refractivity contribution in [3.63, 3.8) is 0 Å². The molecule has 0 spiro atoms. The zero-order valence-corrected chi connectivity index (χ0v) is 15.0. The summed E-state index contributed by atoms with van der Waals surface area (Å²) >= 11 is 0. The average Bonchev–Trinajstić information content (AvgIpc) is 2.94. The molecule has 0 aliphatic heterocycles. The molecule has 6 nitrogen and oxygen atoms in total. The number of hydrogen-bond acceptors (Lipinski definition) is 5. The van der Waals surface area contributed by atoms with Gasteiger partial charge < -0.3 is 14.5 Å². The number of hydrogen-bond donors (Lipinski definition) is 1. The van der Waals surface area contributed by atoms with Gasteiger partial charge in [0.1, 0.15) is 11.8 Å². The molecule has 1 amide bonds. The molecule has 1 aromatic carbocycles. The van der Waals surface area contributed by atoms with Gasteiger partial charge in [-0.25, -0.2) is 9.78 Å². The Morgan fingerprint density at radius 3 is 2.52 bits per heavy atom. The zero-order chi connectivity index (χ0) is 18.4. The second kappa shape index (κ2) is 8.46. The quantitative estimate of drug-likeness (QED) is 0.781. The molecule has 0 aliphatic rings. The van der Waals surface area contributed by atoms with Gasteiger partial charge in [-0.05, 0) is 31.4 Å². The van der Waals surface area contributed by atoms with Gasteiger partial charge in [0.25, 0.3) is 0 Å². The molecule has 1 atom stereocenters. The molecule has 1 N–H and O–H groups in total. The van der Waals surface area contributed by atoms with Crippen LogP contribution in [0.5, 0.6) is 0 Å². The summed E-state index contributed by atoms with van der Waals surface area (Å²) in [6.07, 6.45) is 0.569. The molecule has 0 radical (unpaired) electrons. The van der Waals surface area contributed by atoms with Crippen LogP contribution in [0, 0.1) is 12.8 Å². The summed E-state index contributed by atoms with van der Waals surface area (Å²) in [6.45, 7) is 5.74. The number of oxazole rings is 1. The normalized spacial score (nSPS) is 12.0. The lowest BCUT2D eigenvalue weighted by atomic mass is 10.0. The number of nitrogens with zero attached hydrogens (tertiary/aromatic N) is 1. The number of methoxy groups -OCH3 is 1. The number of rotatable bonds is 7. The maximum atomic E-state index is 12.3. The number of carbonyl (C=O) groups is 2. The van der Waals surface area contributed by atoms with Crippen LogP contribution in [0.1, 0.15) is 31.7 Å². The smallest absolute Gasteiger partial charge is 0.328 e. The van der Waals surface area contributed by atoms with Crippen LogP contribution in [0.4, 0.5) is 0 Å². The third kappa shape index (κ3) is 5.17. The highest BCUT2D eigenvalue weighted by Crippen LogP contribution is 2.21. The summed E-state index contributed by atoms with van der Waals surface area (Å²) in [4.78, 5) is 28.6. The topological polar surface area (TPSA) is 81.4 Å².